The number of nitrogens with one attached hydrogen (secondary N) is 1. The van der Waals surface area contributed by atoms with Gasteiger partial charge in [-0.2, -0.15) is 0 Å². The smallest absolute Gasteiger partial charge is 0.207 e. The van der Waals surface area contributed by atoms with E-state index in [2.05, 4.69) is 5.32 Å². The van der Waals surface area contributed by atoms with Crippen LogP contribution in [0.15, 0.2) is 0 Å². The van der Waals surface area contributed by atoms with Crippen LogP contribution in [0.5, 0.6) is 0 Å². The fraction of sp³-hybridized carbons (Fsp3) is 0.750. The van der Waals surface area contributed by atoms with E-state index in [-0.39, 0.29) is 17.7 Å². The highest BCUT2D eigenvalue weighted by molar-refractivity contribution is 5.79. The fourth-order valence-electron chi connectivity index (χ4n) is 1.73. The Bertz CT molecular complexity index is 167. The van der Waals surface area contributed by atoms with Gasteiger partial charge in [-0.05, 0) is 19.8 Å². The van der Waals surface area contributed by atoms with Crippen molar-refractivity contribution in [1.82, 2.24) is 5.32 Å². The van der Waals surface area contributed by atoms with Crippen LogP contribution in [0.2, 0.25) is 0 Å². The lowest BCUT2D eigenvalue weighted by atomic mass is 10.00. The van der Waals surface area contributed by atoms with Gasteiger partial charge in [-0.15, -0.1) is 0 Å². The van der Waals surface area contributed by atoms with Crippen molar-refractivity contribution in [3.05, 3.63) is 0 Å². The monoisotopic (exact) mass is 155 g/mol. The van der Waals surface area contributed by atoms with E-state index in [1.54, 1.807) is 6.92 Å². The average molecular weight is 155 g/mol. The predicted molar refractivity (Wildman–Crippen MR) is 41.0 cm³/mol. The second-order valence-electron chi connectivity index (χ2n) is 3.04. The van der Waals surface area contributed by atoms with Crippen LogP contribution in [-0.4, -0.2) is 18.2 Å². The summed E-state index contributed by atoms with van der Waals surface area (Å²) in [5, 5.41) is 2.67. The largest absolute Gasteiger partial charge is 0.355 e. The minimum Gasteiger partial charge on any atom is -0.355 e. The van der Waals surface area contributed by atoms with Crippen molar-refractivity contribution in [3.63, 3.8) is 0 Å². The van der Waals surface area contributed by atoms with Crippen LogP contribution in [0.25, 0.3) is 0 Å². The molecule has 0 radical (unpaired) electrons. The molecule has 1 N–H and O–H groups in total. The SMILES string of the molecule is CC(=O)[C@H]1CCC[C@H]1NC=O. The van der Waals surface area contributed by atoms with Gasteiger partial charge < -0.3 is 5.32 Å². The highest BCUT2D eigenvalue weighted by Gasteiger charge is 2.29. The number of rotatable bonds is 3. The van der Waals surface area contributed by atoms with Crippen LogP contribution in [0, 0.1) is 5.92 Å². The fourth-order valence-corrected chi connectivity index (χ4v) is 1.73. The summed E-state index contributed by atoms with van der Waals surface area (Å²) in [5.41, 5.74) is 0. The van der Waals surface area contributed by atoms with E-state index in [1.165, 1.54) is 0 Å². The van der Waals surface area contributed by atoms with E-state index >= 15 is 0 Å². The first-order valence-corrected chi connectivity index (χ1v) is 3.96. The zero-order valence-electron chi connectivity index (χ0n) is 6.67. The number of hydrogen-bond acceptors (Lipinski definition) is 2. The maximum atomic E-state index is 11.0. The molecule has 1 aliphatic carbocycles. The number of ketones is 1. The van der Waals surface area contributed by atoms with Crippen molar-refractivity contribution in [2.75, 3.05) is 0 Å². The molecule has 0 unspecified atom stereocenters. The molecule has 1 amide bonds. The molecular formula is C8H13NO2. The van der Waals surface area contributed by atoms with Crippen LogP contribution in [0.4, 0.5) is 0 Å². The molecule has 0 aromatic heterocycles. The van der Waals surface area contributed by atoms with E-state index in [4.69, 9.17) is 0 Å². The second-order valence-corrected chi connectivity index (χ2v) is 3.04. The number of carbonyl (C=O) groups is 2. The van der Waals surface area contributed by atoms with Crippen molar-refractivity contribution in [2.45, 2.75) is 32.2 Å². The second kappa shape index (κ2) is 3.51. The van der Waals surface area contributed by atoms with Gasteiger partial charge in [0.15, 0.2) is 0 Å². The third kappa shape index (κ3) is 1.79. The zero-order valence-corrected chi connectivity index (χ0v) is 6.67. The molecule has 3 heteroatoms. The minimum atomic E-state index is 0.0696. The van der Waals surface area contributed by atoms with Gasteiger partial charge in [0.1, 0.15) is 5.78 Å². The molecule has 1 fully saturated rings. The molecule has 0 saturated heterocycles. The topological polar surface area (TPSA) is 46.2 Å². The summed E-state index contributed by atoms with van der Waals surface area (Å²) in [6.07, 6.45) is 3.62. The van der Waals surface area contributed by atoms with Crippen LogP contribution >= 0.6 is 0 Å². The van der Waals surface area contributed by atoms with Crippen molar-refractivity contribution >= 4 is 12.2 Å². The number of Topliss-reactive ketones (excluding diaryl/α,β-unsaturated/α-hetero) is 1. The molecule has 0 spiro atoms. The molecular weight excluding hydrogens is 142 g/mol. The van der Waals surface area contributed by atoms with E-state index in [0.717, 1.165) is 19.3 Å². The van der Waals surface area contributed by atoms with Crippen molar-refractivity contribution < 1.29 is 9.59 Å². The third-order valence-electron chi connectivity index (χ3n) is 2.32. The summed E-state index contributed by atoms with van der Waals surface area (Å²) in [6.45, 7) is 1.59. The van der Waals surface area contributed by atoms with Crippen molar-refractivity contribution in [2.24, 2.45) is 5.92 Å². The number of amides is 1. The first kappa shape index (κ1) is 8.24. The summed E-state index contributed by atoms with van der Waals surface area (Å²) >= 11 is 0. The molecule has 1 rings (SSSR count). The number of hydrogen-bond donors (Lipinski definition) is 1. The first-order chi connectivity index (χ1) is 5.25. The Morgan fingerprint density at radius 3 is 2.82 bits per heavy atom. The minimum absolute atomic E-state index is 0.0696. The summed E-state index contributed by atoms with van der Waals surface area (Å²) in [4.78, 5) is 21.1. The molecule has 0 bridgehead atoms. The maximum Gasteiger partial charge on any atom is 0.207 e. The molecule has 1 aliphatic rings. The highest BCUT2D eigenvalue weighted by Crippen LogP contribution is 2.25. The lowest BCUT2D eigenvalue weighted by molar-refractivity contribution is -0.121. The summed E-state index contributed by atoms with van der Waals surface area (Å²) in [5.74, 6) is 0.266. The van der Waals surface area contributed by atoms with Gasteiger partial charge in [0.25, 0.3) is 0 Å². The normalized spacial score (nSPS) is 29.9. The molecule has 1 saturated carbocycles. The molecule has 3 nitrogen and oxygen atoms in total. The molecule has 0 aromatic rings. The van der Waals surface area contributed by atoms with Crippen molar-refractivity contribution in [1.29, 1.82) is 0 Å². The van der Waals surface area contributed by atoms with Gasteiger partial charge in [0.05, 0.1) is 0 Å². The van der Waals surface area contributed by atoms with E-state index in [1.807, 2.05) is 0 Å². The van der Waals surface area contributed by atoms with E-state index in [0.29, 0.717) is 6.41 Å². The number of carbonyl (C=O) groups excluding carboxylic acids is 2. The molecule has 62 valence electrons. The Kier molecular flexibility index (Phi) is 2.63. The Hall–Kier alpha value is -0.860. The summed E-state index contributed by atoms with van der Waals surface area (Å²) in [6, 6.07) is 0.102. The average Bonchev–Trinajstić information content (AvgIpc) is 2.36. The van der Waals surface area contributed by atoms with Gasteiger partial charge in [0, 0.05) is 12.0 Å². The first-order valence-electron chi connectivity index (χ1n) is 3.96. The highest BCUT2D eigenvalue weighted by atomic mass is 16.1. The van der Waals surface area contributed by atoms with Gasteiger partial charge in [0.2, 0.25) is 6.41 Å². The Morgan fingerprint density at radius 1 is 1.55 bits per heavy atom. The van der Waals surface area contributed by atoms with E-state index in [9.17, 15) is 9.59 Å². The van der Waals surface area contributed by atoms with Crippen LogP contribution in [0.1, 0.15) is 26.2 Å². The zero-order chi connectivity index (χ0) is 8.27. The predicted octanol–water partition coefficient (Wildman–Crippen LogP) is 0.490. The van der Waals surface area contributed by atoms with Gasteiger partial charge in [-0.1, -0.05) is 6.42 Å². The molecule has 11 heavy (non-hydrogen) atoms. The van der Waals surface area contributed by atoms with E-state index < -0.39 is 0 Å². The van der Waals surface area contributed by atoms with Crippen LogP contribution < -0.4 is 5.32 Å². The standard InChI is InChI=1S/C8H13NO2/c1-6(11)7-3-2-4-8(7)9-5-10/h5,7-8H,2-4H2,1H3,(H,9,10)/t7-,8-/m1/s1. The Labute approximate surface area is 66.2 Å². The summed E-state index contributed by atoms with van der Waals surface area (Å²) in [7, 11) is 0. The molecule has 2 atom stereocenters. The maximum absolute atomic E-state index is 11.0. The quantitative estimate of drug-likeness (QED) is 0.603. The molecule has 0 aromatic carbocycles. The Morgan fingerprint density at radius 2 is 2.27 bits per heavy atom. The van der Waals surface area contributed by atoms with Crippen molar-refractivity contribution in [3.8, 4) is 0 Å². The summed E-state index contributed by atoms with van der Waals surface area (Å²) < 4.78 is 0. The van der Waals surface area contributed by atoms with Crippen LogP contribution in [0.3, 0.4) is 0 Å². The van der Waals surface area contributed by atoms with Gasteiger partial charge in [-0.3, -0.25) is 9.59 Å². The lowest BCUT2D eigenvalue weighted by Crippen LogP contribution is -2.34. The van der Waals surface area contributed by atoms with Gasteiger partial charge >= 0.3 is 0 Å². The lowest BCUT2D eigenvalue weighted by Gasteiger charge is -2.14. The molecule has 0 heterocycles. The van der Waals surface area contributed by atoms with Crippen LogP contribution in [-0.2, 0) is 9.59 Å². The Balaban J connectivity index is 2.50. The third-order valence-corrected chi connectivity index (χ3v) is 2.32. The molecule has 0 aliphatic heterocycles. The van der Waals surface area contributed by atoms with Gasteiger partial charge in [-0.25, -0.2) is 0 Å².